The summed E-state index contributed by atoms with van der Waals surface area (Å²) >= 11 is 0. The molecule has 0 aromatic carbocycles. The van der Waals surface area contributed by atoms with E-state index in [1.165, 1.54) is 0 Å². The fraction of sp³-hybridized carbons (Fsp3) is 0.846. The molecule has 1 saturated heterocycles. The van der Waals surface area contributed by atoms with Crippen LogP contribution in [0, 0.1) is 0 Å². The molecule has 1 atom stereocenters. The van der Waals surface area contributed by atoms with E-state index in [0.717, 1.165) is 12.8 Å². The number of carbonyl (C=O) groups excluding carboxylic acids is 2. The number of hydrogen-bond donors (Lipinski definition) is 3. The standard InChI is InChI=1S/C13H25N3O6S/c1-2-3-9-23(19,20)15-7-4-5-13(18)22-16-12(17)10-11-6-8-14-21-11/h11,14-15H,2-10H2,1H3,(H,16,17). The molecule has 0 saturated carbocycles. The third-order valence-electron chi connectivity index (χ3n) is 3.16. The Morgan fingerprint density at radius 3 is 2.78 bits per heavy atom. The highest BCUT2D eigenvalue weighted by Crippen LogP contribution is 2.07. The lowest BCUT2D eigenvalue weighted by Gasteiger charge is -2.09. The molecule has 23 heavy (non-hydrogen) atoms. The number of hydrogen-bond acceptors (Lipinski definition) is 7. The van der Waals surface area contributed by atoms with Crippen molar-refractivity contribution in [3.05, 3.63) is 0 Å². The van der Waals surface area contributed by atoms with Gasteiger partial charge in [-0.2, -0.15) is 5.48 Å². The summed E-state index contributed by atoms with van der Waals surface area (Å²) in [4.78, 5) is 32.6. The first-order valence-corrected chi connectivity index (χ1v) is 9.42. The van der Waals surface area contributed by atoms with Crippen LogP contribution in [0.25, 0.3) is 0 Å². The Kier molecular flexibility index (Phi) is 9.07. The van der Waals surface area contributed by atoms with Crippen LogP contribution < -0.4 is 15.7 Å². The van der Waals surface area contributed by atoms with E-state index in [2.05, 4.69) is 20.5 Å². The molecule has 0 aromatic heterocycles. The Bertz CT molecular complexity index is 476. The number of amides is 1. The van der Waals surface area contributed by atoms with E-state index in [1.807, 2.05) is 6.92 Å². The van der Waals surface area contributed by atoms with E-state index in [-0.39, 0.29) is 31.2 Å². The summed E-state index contributed by atoms with van der Waals surface area (Å²) in [7, 11) is -3.27. The zero-order valence-corrected chi connectivity index (χ0v) is 14.1. The first-order chi connectivity index (χ1) is 10.9. The molecule has 1 aliphatic rings. The quantitative estimate of drug-likeness (QED) is 0.366. The summed E-state index contributed by atoms with van der Waals surface area (Å²) in [6.07, 6.45) is 2.33. The van der Waals surface area contributed by atoms with E-state index in [0.29, 0.717) is 19.4 Å². The minimum Gasteiger partial charge on any atom is -0.341 e. The summed E-state index contributed by atoms with van der Waals surface area (Å²) in [6, 6.07) is 0. The molecule has 10 heteroatoms. The molecule has 0 aromatic rings. The Morgan fingerprint density at radius 1 is 1.35 bits per heavy atom. The van der Waals surface area contributed by atoms with Crippen molar-refractivity contribution in [3.63, 3.8) is 0 Å². The molecule has 9 nitrogen and oxygen atoms in total. The average Bonchev–Trinajstić information content (AvgIpc) is 3.00. The van der Waals surface area contributed by atoms with Crippen molar-refractivity contribution in [3.8, 4) is 0 Å². The van der Waals surface area contributed by atoms with E-state index in [1.54, 1.807) is 0 Å². The van der Waals surface area contributed by atoms with Gasteiger partial charge in [-0.25, -0.2) is 23.4 Å². The number of carbonyl (C=O) groups is 2. The van der Waals surface area contributed by atoms with Crippen molar-refractivity contribution in [2.24, 2.45) is 0 Å². The Morgan fingerprint density at radius 2 is 2.13 bits per heavy atom. The van der Waals surface area contributed by atoms with Gasteiger partial charge in [-0.3, -0.25) is 9.63 Å². The first kappa shape index (κ1) is 19.8. The molecule has 0 bridgehead atoms. The van der Waals surface area contributed by atoms with Crippen molar-refractivity contribution in [1.29, 1.82) is 0 Å². The predicted octanol–water partition coefficient (Wildman–Crippen LogP) is -0.256. The number of unbranched alkanes of at least 4 members (excludes halogenated alkanes) is 1. The minimum absolute atomic E-state index is 0.0120. The first-order valence-electron chi connectivity index (χ1n) is 7.77. The van der Waals surface area contributed by atoms with Gasteiger partial charge in [-0.1, -0.05) is 13.3 Å². The number of rotatable bonds is 10. The molecular weight excluding hydrogens is 326 g/mol. The fourth-order valence-corrected chi connectivity index (χ4v) is 3.15. The Balaban J connectivity index is 2.06. The smallest absolute Gasteiger partial charge is 0.332 e. The van der Waals surface area contributed by atoms with E-state index in [4.69, 9.17) is 4.84 Å². The molecule has 1 amide bonds. The van der Waals surface area contributed by atoms with Gasteiger partial charge in [0.15, 0.2) is 0 Å². The largest absolute Gasteiger partial charge is 0.341 e. The van der Waals surface area contributed by atoms with Crippen molar-refractivity contribution in [2.75, 3.05) is 18.8 Å². The van der Waals surface area contributed by atoms with Gasteiger partial charge in [0.1, 0.15) is 0 Å². The predicted molar refractivity (Wildman–Crippen MR) is 82.3 cm³/mol. The molecule has 0 aliphatic carbocycles. The summed E-state index contributed by atoms with van der Waals surface area (Å²) in [5.41, 5.74) is 4.72. The molecule has 0 spiro atoms. The van der Waals surface area contributed by atoms with Crippen LogP contribution in [0.3, 0.4) is 0 Å². The molecule has 1 heterocycles. The van der Waals surface area contributed by atoms with Gasteiger partial charge >= 0.3 is 5.97 Å². The van der Waals surface area contributed by atoms with Gasteiger partial charge in [0, 0.05) is 19.5 Å². The second-order valence-electron chi connectivity index (χ2n) is 5.30. The van der Waals surface area contributed by atoms with E-state index < -0.39 is 21.9 Å². The Hall–Kier alpha value is -1.23. The molecular formula is C13H25N3O6S. The lowest BCUT2D eigenvalue weighted by Crippen LogP contribution is -2.31. The van der Waals surface area contributed by atoms with Crippen LogP contribution in [0.4, 0.5) is 0 Å². The maximum Gasteiger partial charge on any atom is 0.332 e. The van der Waals surface area contributed by atoms with Gasteiger partial charge in [0.05, 0.1) is 18.3 Å². The third kappa shape index (κ3) is 9.49. The summed E-state index contributed by atoms with van der Waals surface area (Å²) in [5.74, 6) is -0.967. The van der Waals surface area contributed by atoms with E-state index >= 15 is 0 Å². The monoisotopic (exact) mass is 351 g/mol. The van der Waals surface area contributed by atoms with Gasteiger partial charge in [-0.05, 0) is 19.3 Å². The highest BCUT2D eigenvalue weighted by Gasteiger charge is 2.20. The second kappa shape index (κ2) is 10.5. The summed E-state index contributed by atoms with van der Waals surface area (Å²) < 4.78 is 25.4. The summed E-state index contributed by atoms with van der Waals surface area (Å²) in [5, 5.41) is 0. The van der Waals surface area contributed by atoms with Crippen molar-refractivity contribution in [2.45, 2.75) is 51.6 Å². The van der Waals surface area contributed by atoms with Crippen molar-refractivity contribution in [1.82, 2.24) is 15.7 Å². The lowest BCUT2D eigenvalue weighted by molar-refractivity contribution is -0.159. The van der Waals surface area contributed by atoms with Gasteiger partial charge in [0.25, 0.3) is 5.91 Å². The molecule has 134 valence electrons. The number of nitrogens with one attached hydrogen (secondary N) is 3. The maximum atomic E-state index is 11.5. The maximum absolute atomic E-state index is 11.5. The van der Waals surface area contributed by atoms with Crippen LogP contribution in [0.15, 0.2) is 0 Å². The van der Waals surface area contributed by atoms with Gasteiger partial charge in [-0.15, -0.1) is 0 Å². The molecule has 1 unspecified atom stereocenters. The van der Waals surface area contributed by atoms with Gasteiger partial charge in [0.2, 0.25) is 10.0 Å². The van der Waals surface area contributed by atoms with Crippen molar-refractivity contribution >= 4 is 21.9 Å². The zero-order valence-electron chi connectivity index (χ0n) is 13.3. The Labute approximate surface area is 136 Å². The van der Waals surface area contributed by atoms with Crippen LogP contribution in [0.5, 0.6) is 0 Å². The lowest BCUT2D eigenvalue weighted by atomic mass is 10.2. The SMILES string of the molecule is CCCCS(=O)(=O)NCCCC(=O)ONC(=O)CC1CCNO1. The molecule has 1 rings (SSSR count). The highest BCUT2D eigenvalue weighted by atomic mass is 32.2. The normalized spacial score (nSPS) is 17.9. The van der Waals surface area contributed by atoms with E-state index in [9.17, 15) is 18.0 Å². The topological polar surface area (TPSA) is 123 Å². The van der Waals surface area contributed by atoms with Crippen LogP contribution >= 0.6 is 0 Å². The van der Waals surface area contributed by atoms with Crippen LogP contribution in [0.1, 0.15) is 45.4 Å². The fourth-order valence-electron chi connectivity index (χ4n) is 1.88. The number of hydroxylamine groups is 2. The highest BCUT2D eigenvalue weighted by molar-refractivity contribution is 7.89. The van der Waals surface area contributed by atoms with Crippen molar-refractivity contribution < 1.29 is 27.7 Å². The van der Waals surface area contributed by atoms with Crippen LogP contribution in [0.2, 0.25) is 0 Å². The second-order valence-corrected chi connectivity index (χ2v) is 7.22. The third-order valence-corrected chi connectivity index (χ3v) is 4.63. The zero-order chi connectivity index (χ0) is 17.1. The molecule has 0 radical (unpaired) electrons. The molecule has 1 aliphatic heterocycles. The van der Waals surface area contributed by atoms with Gasteiger partial charge < -0.3 is 4.84 Å². The average molecular weight is 351 g/mol. The summed E-state index contributed by atoms with van der Waals surface area (Å²) in [6.45, 7) is 2.76. The van der Waals surface area contributed by atoms with Crippen LogP contribution in [-0.2, 0) is 29.3 Å². The van der Waals surface area contributed by atoms with Crippen LogP contribution in [-0.4, -0.2) is 45.2 Å². The molecule has 1 fully saturated rings. The number of sulfonamides is 1. The minimum atomic E-state index is -3.27. The molecule has 3 N–H and O–H groups in total.